The van der Waals surface area contributed by atoms with E-state index in [2.05, 4.69) is 27.3 Å². The third-order valence-electron chi connectivity index (χ3n) is 1.70. The van der Waals surface area contributed by atoms with Crippen LogP contribution in [0, 0.1) is 3.57 Å². The fraction of sp³-hybridized carbons (Fsp3) is 0.333. The summed E-state index contributed by atoms with van der Waals surface area (Å²) in [6.07, 6.45) is 0. The number of ether oxygens (including phenoxy) is 1. The van der Waals surface area contributed by atoms with Gasteiger partial charge in [-0.3, -0.25) is 0 Å². The zero-order chi connectivity index (χ0) is 11.3. The molecule has 1 rings (SSSR count). The van der Waals surface area contributed by atoms with E-state index in [1.54, 1.807) is 18.2 Å². The Labute approximate surface area is 103 Å². The molecule has 0 aliphatic rings. The van der Waals surface area contributed by atoms with Crippen molar-refractivity contribution in [2.75, 3.05) is 20.3 Å². The van der Waals surface area contributed by atoms with Gasteiger partial charge in [-0.15, -0.1) is 0 Å². The van der Waals surface area contributed by atoms with Gasteiger partial charge in [0, 0.05) is 17.2 Å². The highest BCUT2D eigenvalue weighted by molar-refractivity contribution is 14.1. The molecular formula is C9H12INO3S. The summed E-state index contributed by atoms with van der Waals surface area (Å²) in [6.45, 7) is 0.646. The largest absolute Gasteiger partial charge is 0.383 e. The lowest BCUT2D eigenvalue weighted by atomic mass is 10.4. The van der Waals surface area contributed by atoms with Crippen molar-refractivity contribution in [3.63, 3.8) is 0 Å². The number of rotatable bonds is 5. The van der Waals surface area contributed by atoms with E-state index < -0.39 is 10.0 Å². The topological polar surface area (TPSA) is 55.4 Å². The molecule has 0 aliphatic heterocycles. The van der Waals surface area contributed by atoms with E-state index in [0.717, 1.165) is 3.57 Å². The third kappa shape index (κ3) is 4.06. The molecule has 0 heterocycles. The third-order valence-corrected chi connectivity index (χ3v) is 3.83. The number of methoxy groups -OCH3 is 1. The van der Waals surface area contributed by atoms with Gasteiger partial charge in [-0.2, -0.15) is 0 Å². The van der Waals surface area contributed by atoms with E-state index >= 15 is 0 Å². The van der Waals surface area contributed by atoms with Crippen molar-refractivity contribution >= 4 is 32.6 Å². The maximum Gasteiger partial charge on any atom is 0.240 e. The van der Waals surface area contributed by atoms with Crippen LogP contribution in [0.15, 0.2) is 29.2 Å². The van der Waals surface area contributed by atoms with Crippen molar-refractivity contribution in [2.45, 2.75) is 4.90 Å². The summed E-state index contributed by atoms with van der Waals surface area (Å²) in [5.41, 5.74) is 0. The molecule has 0 aliphatic carbocycles. The van der Waals surface area contributed by atoms with Crippen molar-refractivity contribution in [2.24, 2.45) is 0 Å². The second kappa shape index (κ2) is 5.78. The maximum atomic E-state index is 11.7. The molecule has 0 radical (unpaired) electrons. The molecule has 1 N–H and O–H groups in total. The predicted molar refractivity (Wildman–Crippen MR) is 66.2 cm³/mol. The minimum Gasteiger partial charge on any atom is -0.383 e. The van der Waals surface area contributed by atoms with E-state index in [9.17, 15) is 8.42 Å². The highest BCUT2D eigenvalue weighted by Crippen LogP contribution is 2.12. The Morgan fingerprint density at radius 1 is 1.47 bits per heavy atom. The lowest BCUT2D eigenvalue weighted by Crippen LogP contribution is -2.27. The van der Waals surface area contributed by atoms with Gasteiger partial charge in [0.2, 0.25) is 10.0 Å². The van der Waals surface area contributed by atoms with Crippen LogP contribution < -0.4 is 4.72 Å². The summed E-state index contributed by atoms with van der Waals surface area (Å²) in [7, 11) is -1.86. The van der Waals surface area contributed by atoms with Gasteiger partial charge in [0.25, 0.3) is 0 Å². The molecule has 0 fully saturated rings. The minimum absolute atomic E-state index is 0.282. The van der Waals surface area contributed by atoms with Crippen molar-refractivity contribution in [1.82, 2.24) is 4.72 Å². The number of halogens is 1. The van der Waals surface area contributed by atoms with Gasteiger partial charge in [-0.1, -0.05) is 6.07 Å². The zero-order valence-corrected chi connectivity index (χ0v) is 11.2. The molecule has 0 saturated carbocycles. The molecule has 6 heteroatoms. The molecule has 0 spiro atoms. The molecule has 1 aromatic rings. The lowest BCUT2D eigenvalue weighted by molar-refractivity contribution is 0.204. The van der Waals surface area contributed by atoms with Crippen LogP contribution in [0.1, 0.15) is 0 Å². The Morgan fingerprint density at radius 2 is 2.20 bits per heavy atom. The van der Waals surface area contributed by atoms with Gasteiger partial charge >= 0.3 is 0 Å². The van der Waals surface area contributed by atoms with Gasteiger partial charge in [0.15, 0.2) is 0 Å². The van der Waals surface area contributed by atoms with Gasteiger partial charge < -0.3 is 4.74 Å². The van der Waals surface area contributed by atoms with Crippen LogP contribution in [0.5, 0.6) is 0 Å². The van der Waals surface area contributed by atoms with E-state index in [0.29, 0.717) is 6.61 Å². The average Bonchev–Trinajstić information content (AvgIpc) is 2.18. The Morgan fingerprint density at radius 3 is 2.80 bits per heavy atom. The zero-order valence-electron chi connectivity index (χ0n) is 8.23. The van der Waals surface area contributed by atoms with Crippen LogP contribution in [0.4, 0.5) is 0 Å². The summed E-state index contributed by atoms with van der Waals surface area (Å²) < 4.78 is 31.5. The minimum atomic E-state index is -3.39. The number of nitrogens with one attached hydrogen (secondary N) is 1. The molecule has 84 valence electrons. The SMILES string of the molecule is COCCNS(=O)(=O)c1cccc(I)c1. The van der Waals surface area contributed by atoms with E-state index in [1.807, 2.05) is 6.07 Å². The van der Waals surface area contributed by atoms with Crippen molar-refractivity contribution < 1.29 is 13.2 Å². The van der Waals surface area contributed by atoms with Crippen molar-refractivity contribution in [3.8, 4) is 0 Å². The van der Waals surface area contributed by atoms with Gasteiger partial charge in [-0.05, 0) is 40.8 Å². The van der Waals surface area contributed by atoms with E-state index in [1.165, 1.54) is 7.11 Å². The fourth-order valence-electron chi connectivity index (χ4n) is 0.996. The quantitative estimate of drug-likeness (QED) is 0.647. The molecule has 0 bridgehead atoms. The molecule has 0 amide bonds. The molecule has 4 nitrogen and oxygen atoms in total. The predicted octanol–water partition coefficient (Wildman–Crippen LogP) is 1.22. The first kappa shape index (κ1) is 12.9. The van der Waals surface area contributed by atoms with Crippen molar-refractivity contribution in [1.29, 1.82) is 0 Å². The first-order valence-corrected chi connectivity index (χ1v) is 6.86. The summed E-state index contributed by atoms with van der Waals surface area (Å²) in [5, 5.41) is 0. The van der Waals surface area contributed by atoms with Crippen LogP contribution >= 0.6 is 22.6 Å². The Kier molecular flexibility index (Phi) is 4.97. The smallest absolute Gasteiger partial charge is 0.240 e. The summed E-state index contributed by atoms with van der Waals surface area (Å²) in [4.78, 5) is 0.283. The maximum absolute atomic E-state index is 11.7. The Bertz CT molecular complexity index is 419. The van der Waals surface area contributed by atoms with Crippen LogP contribution in [-0.4, -0.2) is 28.7 Å². The number of hydrogen-bond donors (Lipinski definition) is 1. The normalized spacial score (nSPS) is 11.6. The standard InChI is InChI=1S/C9H12INO3S/c1-14-6-5-11-15(12,13)9-4-2-3-8(10)7-9/h2-4,7,11H,5-6H2,1H3. The Balaban J connectivity index is 2.77. The first-order valence-electron chi connectivity index (χ1n) is 4.30. The fourth-order valence-corrected chi connectivity index (χ4v) is 2.81. The van der Waals surface area contributed by atoms with Crippen LogP contribution in [0.3, 0.4) is 0 Å². The monoisotopic (exact) mass is 341 g/mol. The highest BCUT2D eigenvalue weighted by Gasteiger charge is 2.12. The number of sulfonamides is 1. The summed E-state index contributed by atoms with van der Waals surface area (Å²) in [5.74, 6) is 0. The second-order valence-electron chi connectivity index (χ2n) is 2.85. The van der Waals surface area contributed by atoms with Gasteiger partial charge in [-0.25, -0.2) is 13.1 Å². The summed E-state index contributed by atoms with van der Waals surface area (Å²) >= 11 is 2.07. The van der Waals surface area contributed by atoms with Crippen LogP contribution in [0.2, 0.25) is 0 Å². The Hall–Kier alpha value is -0.180. The molecule has 15 heavy (non-hydrogen) atoms. The average molecular weight is 341 g/mol. The number of benzene rings is 1. The van der Waals surface area contributed by atoms with Crippen molar-refractivity contribution in [3.05, 3.63) is 27.8 Å². The van der Waals surface area contributed by atoms with Crippen LogP contribution in [-0.2, 0) is 14.8 Å². The van der Waals surface area contributed by atoms with E-state index in [-0.39, 0.29) is 11.4 Å². The molecule has 1 aromatic carbocycles. The summed E-state index contributed by atoms with van der Waals surface area (Å²) in [6, 6.07) is 6.74. The van der Waals surface area contributed by atoms with E-state index in [4.69, 9.17) is 4.74 Å². The van der Waals surface area contributed by atoms with Gasteiger partial charge in [0.1, 0.15) is 0 Å². The lowest BCUT2D eigenvalue weighted by Gasteiger charge is -2.06. The number of hydrogen-bond acceptors (Lipinski definition) is 3. The molecule has 0 aromatic heterocycles. The highest BCUT2D eigenvalue weighted by atomic mass is 127. The van der Waals surface area contributed by atoms with Gasteiger partial charge in [0.05, 0.1) is 11.5 Å². The molecular weight excluding hydrogens is 329 g/mol. The first-order chi connectivity index (χ1) is 7.06. The van der Waals surface area contributed by atoms with Crippen LogP contribution in [0.25, 0.3) is 0 Å². The second-order valence-corrected chi connectivity index (χ2v) is 5.86. The molecule has 0 unspecified atom stereocenters. The molecule has 0 saturated heterocycles. The molecule has 0 atom stereocenters.